The molecule has 1 saturated heterocycles. The number of morpholine rings is 1. The number of aliphatic hydroxyl groups is 1. The van der Waals surface area contributed by atoms with E-state index < -0.39 is 6.10 Å². The number of benzene rings is 1. The molecular weight excluding hydrogens is 396 g/mol. The lowest BCUT2D eigenvalue weighted by atomic mass is 9.93. The van der Waals surface area contributed by atoms with Crippen molar-refractivity contribution >= 4 is 11.7 Å². The maximum atomic E-state index is 12.8. The third kappa shape index (κ3) is 5.15. The van der Waals surface area contributed by atoms with Crippen LogP contribution in [0.25, 0.3) is 0 Å². The lowest BCUT2D eigenvalue weighted by Crippen LogP contribution is -2.49. The van der Waals surface area contributed by atoms with Gasteiger partial charge in [-0.2, -0.15) is 4.98 Å². The summed E-state index contributed by atoms with van der Waals surface area (Å²) in [7, 11) is 0. The minimum absolute atomic E-state index is 0.108. The van der Waals surface area contributed by atoms with E-state index in [1.807, 2.05) is 25.1 Å². The number of fused-ring (bicyclic) bond motifs is 1. The number of nitrogens with one attached hydrogen (secondary N) is 2. The average molecular weight is 427 g/mol. The Kier molecular flexibility index (Phi) is 7.01. The molecule has 31 heavy (non-hydrogen) atoms. The lowest BCUT2D eigenvalue weighted by Gasteiger charge is -2.30. The number of carbonyl (C=O) groups excluding carboxylic acids is 1. The average Bonchev–Trinajstić information content (AvgIpc) is 2.82. The van der Waals surface area contributed by atoms with Crippen LogP contribution < -0.4 is 20.3 Å². The number of amides is 1. The molecule has 166 valence electrons. The summed E-state index contributed by atoms with van der Waals surface area (Å²) in [5.74, 6) is 0.774. The number of aliphatic hydroxyl groups excluding tert-OH is 1. The van der Waals surface area contributed by atoms with Gasteiger partial charge in [0, 0.05) is 32.2 Å². The first-order valence-corrected chi connectivity index (χ1v) is 10.9. The fourth-order valence-corrected chi connectivity index (χ4v) is 4.00. The van der Waals surface area contributed by atoms with Gasteiger partial charge in [-0.1, -0.05) is 24.3 Å². The second-order valence-electron chi connectivity index (χ2n) is 7.79. The summed E-state index contributed by atoms with van der Waals surface area (Å²) in [6.07, 6.45) is 0.0288. The zero-order valence-electron chi connectivity index (χ0n) is 17.8. The number of anilines is 1. The van der Waals surface area contributed by atoms with Crippen LogP contribution in [0.1, 0.15) is 28.4 Å². The van der Waals surface area contributed by atoms with Crippen molar-refractivity contribution in [3.05, 3.63) is 53.1 Å². The van der Waals surface area contributed by atoms with Crippen LogP contribution in [-0.2, 0) is 17.7 Å². The number of aromatic nitrogens is 1. The van der Waals surface area contributed by atoms with Gasteiger partial charge in [0.15, 0.2) is 0 Å². The van der Waals surface area contributed by atoms with Crippen LogP contribution in [0, 0.1) is 0 Å². The number of rotatable bonds is 7. The SMILES string of the molecule is CCOc1nc(N2CCOCC2)ccc1C(=O)NCC(O)C1Cc2ccccc2CN1. The van der Waals surface area contributed by atoms with Crippen molar-refractivity contribution in [3.63, 3.8) is 0 Å². The Hall–Kier alpha value is -2.68. The predicted octanol–water partition coefficient (Wildman–Crippen LogP) is 1.12. The van der Waals surface area contributed by atoms with Crippen LogP contribution >= 0.6 is 0 Å². The Morgan fingerprint density at radius 1 is 1.29 bits per heavy atom. The lowest BCUT2D eigenvalue weighted by molar-refractivity contribution is 0.0865. The van der Waals surface area contributed by atoms with Crippen LogP contribution in [-0.4, -0.2) is 67.6 Å². The van der Waals surface area contributed by atoms with E-state index >= 15 is 0 Å². The molecule has 0 saturated carbocycles. The molecule has 2 unspecified atom stereocenters. The zero-order valence-corrected chi connectivity index (χ0v) is 17.8. The van der Waals surface area contributed by atoms with Gasteiger partial charge in [-0.25, -0.2) is 0 Å². The molecule has 1 amide bonds. The molecule has 0 aliphatic carbocycles. The van der Waals surface area contributed by atoms with E-state index in [4.69, 9.17) is 9.47 Å². The molecule has 8 heteroatoms. The fraction of sp³-hybridized carbons (Fsp3) is 0.478. The highest BCUT2D eigenvalue weighted by Gasteiger charge is 2.25. The number of pyridine rings is 1. The minimum Gasteiger partial charge on any atom is -0.477 e. The van der Waals surface area contributed by atoms with Gasteiger partial charge in [-0.15, -0.1) is 0 Å². The molecule has 2 aliphatic heterocycles. The van der Waals surface area contributed by atoms with Crippen molar-refractivity contribution in [2.45, 2.75) is 32.0 Å². The quantitative estimate of drug-likeness (QED) is 0.611. The monoisotopic (exact) mass is 426 g/mol. The van der Waals surface area contributed by atoms with Gasteiger partial charge in [-0.3, -0.25) is 4.79 Å². The Bertz CT molecular complexity index is 901. The number of hydrogen-bond donors (Lipinski definition) is 3. The van der Waals surface area contributed by atoms with Crippen LogP contribution in [0.2, 0.25) is 0 Å². The molecule has 8 nitrogen and oxygen atoms in total. The number of carbonyl (C=O) groups is 1. The Morgan fingerprint density at radius 3 is 2.84 bits per heavy atom. The summed E-state index contributed by atoms with van der Waals surface area (Å²) in [6.45, 7) is 5.97. The van der Waals surface area contributed by atoms with Crippen molar-refractivity contribution in [1.82, 2.24) is 15.6 Å². The molecule has 0 bridgehead atoms. The Labute approximate surface area is 182 Å². The Morgan fingerprint density at radius 2 is 2.06 bits per heavy atom. The van der Waals surface area contributed by atoms with E-state index in [1.165, 1.54) is 11.1 Å². The fourth-order valence-electron chi connectivity index (χ4n) is 4.00. The van der Waals surface area contributed by atoms with E-state index in [9.17, 15) is 9.90 Å². The second kappa shape index (κ2) is 10.1. The van der Waals surface area contributed by atoms with Gasteiger partial charge in [0.2, 0.25) is 5.88 Å². The summed E-state index contributed by atoms with van der Waals surface area (Å²) in [5, 5.41) is 16.8. The second-order valence-corrected chi connectivity index (χ2v) is 7.79. The van der Waals surface area contributed by atoms with Crippen molar-refractivity contribution in [2.24, 2.45) is 0 Å². The zero-order chi connectivity index (χ0) is 21.6. The van der Waals surface area contributed by atoms with E-state index in [0.29, 0.717) is 37.8 Å². The van der Waals surface area contributed by atoms with Crippen molar-refractivity contribution in [3.8, 4) is 5.88 Å². The highest BCUT2D eigenvalue weighted by atomic mass is 16.5. The van der Waals surface area contributed by atoms with Gasteiger partial charge in [0.25, 0.3) is 5.91 Å². The molecule has 2 atom stereocenters. The summed E-state index contributed by atoms with van der Waals surface area (Å²) in [5.41, 5.74) is 2.86. The van der Waals surface area contributed by atoms with E-state index in [0.717, 1.165) is 25.3 Å². The van der Waals surface area contributed by atoms with Crippen molar-refractivity contribution in [1.29, 1.82) is 0 Å². The van der Waals surface area contributed by atoms with Crippen molar-refractivity contribution < 1.29 is 19.4 Å². The largest absolute Gasteiger partial charge is 0.477 e. The van der Waals surface area contributed by atoms with E-state index in [1.54, 1.807) is 6.07 Å². The molecule has 3 heterocycles. The maximum absolute atomic E-state index is 12.8. The summed E-state index contributed by atoms with van der Waals surface area (Å²) in [4.78, 5) is 19.5. The molecule has 2 aromatic rings. The van der Waals surface area contributed by atoms with Gasteiger partial charge in [0.05, 0.1) is 25.9 Å². The number of hydrogen-bond acceptors (Lipinski definition) is 7. The number of nitrogens with zero attached hydrogens (tertiary/aromatic N) is 2. The van der Waals surface area contributed by atoms with E-state index in [2.05, 4.69) is 32.7 Å². The van der Waals surface area contributed by atoms with Gasteiger partial charge in [0.1, 0.15) is 11.4 Å². The molecule has 2 aliphatic rings. The first kappa shape index (κ1) is 21.5. The highest BCUT2D eigenvalue weighted by Crippen LogP contribution is 2.23. The van der Waals surface area contributed by atoms with Crippen LogP contribution in [0.3, 0.4) is 0 Å². The van der Waals surface area contributed by atoms with E-state index in [-0.39, 0.29) is 18.5 Å². The maximum Gasteiger partial charge on any atom is 0.256 e. The first-order valence-electron chi connectivity index (χ1n) is 10.9. The van der Waals surface area contributed by atoms with Crippen LogP contribution in [0.5, 0.6) is 5.88 Å². The molecule has 1 aromatic heterocycles. The first-order chi connectivity index (χ1) is 15.2. The number of ether oxygens (including phenoxy) is 2. The van der Waals surface area contributed by atoms with Crippen LogP contribution in [0.4, 0.5) is 5.82 Å². The molecule has 1 fully saturated rings. The molecule has 3 N–H and O–H groups in total. The molecular formula is C23H30N4O4. The molecule has 4 rings (SSSR count). The normalized spacial score (nSPS) is 19.4. The summed E-state index contributed by atoms with van der Waals surface area (Å²) >= 11 is 0. The summed E-state index contributed by atoms with van der Waals surface area (Å²) < 4.78 is 11.0. The van der Waals surface area contributed by atoms with Crippen molar-refractivity contribution in [2.75, 3.05) is 44.4 Å². The molecule has 1 aromatic carbocycles. The standard InChI is InChI=1S/C23H30N4O4/c1-2-31-23-18(7-8-21(26-23)27-9-11-30-12-10-27)22(29)25-15-20(28)19-13-16-5-3-4-6-17(16)14-24-19/h3-8,19-20,24,28H,2,9-15H2,1H3,(H,25,29). The van der Waals surface area contributed by atoms with Gasteiger partial charge >= 0.3 is 0 Å². The third-order valence-electron chi connectivity index (χ3n) is 5.76. The Balaban J connectivity index is 1.38. The molecule has 0 spiro atoms. The third-order valence-corrected chi connectivity index (χ3v) is 5.76. The summed E-state index contributed by atoms with van der Waals surface area (Å²) in [6, 6.07) is 11.7. The smallest absolute Gasteiger partial charge is 0.256 e. The minimum atomic E-state index is -0.701. The topological polar surface area (TPSA) is 96.0 Å². The van der Waals surface area contributed by atoms with Crippen LogP contribution in [0.15, 0.2) is 36.4 Å². The van der Waals surface area contributed by atoms with Gasteiger partial charge < -0.3 is 30.1 Å². The highest BCUT2D eigenvalue weighted by molar-refractivity contribution is 5.96. The predicted molar refractivity (Wildman–Crippen MR) is 118 cm³/mol. The van der Waals surface area contributed by atoms with Gasteiger partial charge in [-0.05, 0) is 36.6 Å². The molecule has 0 radical (unpaired) electrons.